The molecule has 0 N–H and O–H groups in total. The van der Waals surface area contributed by atoms with Gasteiger partial charge < -0.3 is 4.42 Å². The summed E-state index contributed by atoms with van der Waals surface area (Å²) >= 11 is 0. The van der Waals surface area contributed by atoms with Gasteiger partial charge in [-0.2, -0.15) is 0 Å². The van der Waals surface area contributed by atoms with Gasteiger partial charge >= 0.3 is 0 Å². The summed E-state index contributed by atoms with van der Waals surface area (Å²) in [6.45, 7) is 1.63. The van der Waals surface area contributed by atoms with Crippen molar-refractivity contribution in [2.75, 3.05) is 0 Å². The molecule has 0 unspecified atom stereocenters. The van der Waals surface area contributed by atoms with Gasteiger partial charge in [0, 0.05) is 12.5 Å². The van der Waals surface area contributed by atoms with Crippen LogP contribution in [0.1, 0.15) is 17.9 Å². The van der Waals surface area contributed by atoms with Crippen molar-refractivity contribution in [2.24, 2.45) is 0 Å². The largest absolute Gasteiger partial charge is 0.441 e. The Morgan fingerprint density at radius 3 is 2.85 bits per heavy atom. The van der Waals surface area contributed by atoms with Gasteiger partial charge in [0.05, 0.1) is 0 Å². The van der Waals surface area contributed by atoms with Crippen molar-refractivity contribution in [1.29, 1.82) is 0 Å². The van der Waals surface area contributed by atoms with E-state index >= 15 is 0 Å². The quantitative estimate of drug-likeness (QED) is 0.679. The summed E-state index contributed by atoms with van der Waals surface area (Å²) in [5.74, 6) is 0.406. The first kappa shape index (κ1) is 8.16. The molecule has 1 heterocycles. The topological polar surface area (TPSA) is 26.0 Å². The highest BCUT2D eigenvalue weighted by molar-refractivity contribution is 5.76. The number of fused-ring (bicyclic) bond motifs is 1. The Morgan fingerprint density at radius 1 is 1.38 bits per heavy atom. The van der Waals surface area contributed by atoms with Crippen molar-refractivity contribution < 1.29 is 13.2 Å². The smallest absolute Gasteiger partial charge is 0.266 e. The van der Waals surface area contributed by atoms with Crippen molar-refractivity contribution >= 4 is 11.1 Å². The first-order chi connectivity index (χ1) is 6.18. The van der Waals surface area contributed by atoms with Gasteiger partial charge in [-0.25, -0.2) is 13.8 Å². The van der Waals surface area contributed by atoms with Crippen molar-refractivity contribution in [1.82, 2.24) is 4.98 Å². The highest BCUT2D eigenvalue weighted by Gasteiger charge is 2.14. The number of nitrogens with zero attached hydrogens (tertiary/aromatic N) is 1. The molecule has 2 nitrogen and oxygen atoms in total. The van der Waals surface area contributed by atoms with Gasteiger partial charge in [-0.15, -0.1) is 0 Å². The van der Waals surface area contributed by atoms with Crippen LogP contribution < -0.4 is 0 Å². The molecule has 0 aliphatic rings. The summed E-state index contributed by atoms with van der Waals surface area (Å²) in [4.78, 5) is 3.89. The molecule has 0 spiro atoms. The summed E-state index contributed by atoms with van der Waals surface area (Å²) in [7, 11) is 0. The number of halogens is 2. The van der Waals surface area contributed by atoms with Gasteiger partial charge in [0.2, 0.25) is 0 Å². The molecule has 1 aromatic heterocycles. The predicted octanol–water partition coefficient (Wildman–Crippen LogP) is 3.07. The van der Waals surface area contributed by atoms with Crippen LogP contribution in [-0.4, -0.2) is 4.98 Å². The second-order valence-electron chi connectivity index (χ2n) is 2.73. The lowest BCUT2D eigenvalue weighted by atomic mass is 10.2. The fourth-order valence-corrected chi connectivity index (χ4v) is 1.26. The fraction of sp³-hybridized carbons (Fsp3) is 0.222. The normalized spacial score (nSPS) is 11.4. The van der Waals surface area contributed by atoms with Gasteiger partial charge in [-0.1, -0.05) is 12.1 Å². The zero-order valence-electron chi connectivity index (χ0n) is 6.92. The van der Waals surface area contributed by atoms with Crippen LogP contribution in [0.4, 0.5) is 8.78 Å². The minimum absolute atomic E-state index is 0.0747. The first-order valence-electron chi connectivity index (χ1n) is 3.82. The van der Waals surface area contributed by atoms with E-state index in [1.54, 1.807) is 13.0 Å². The molecule has 0 radical (unpaired) electrons. The summed E-state index contributed by atoms with van der Waals surface area (Å²) in [6, 6.07) is 4.52. The maximum absolute atomic E-state index is 12.4. The molecule has 0 amide bonds. The molecule has 0 bridgehead atoms. The van der Waals surface area contributed by atoms with E-state index in [4.69, 9.17) is 4.42 Å². The highest BCUT2D eigenvalue weighted by atomic mass is 19.3. The van der Waals surface area contributed by atoms with E-state index in [9.17, 15) is 8.78 Å². The zero-order chi connectivity index (χ0) is 9.42. The monoisotopic (exact) mass is 183 g/mol. The summed E-state index contributed by atoms with van der Waals surface area (Å²) < 4.78 is 30.0. The SMILES string of the molecule is Cc1nc2c(C(F)F)cccc2o1. The lowest BCUT2D eigenvalue weighted by molar-refractivity contribution is 0.153. The number of hydrogen-bond donors (Lipinski definition) is 0. The van der Waals surface area contributed by atoms with Crippen LogP contribution in [0.15, 0.2) is 22.6 Å². The molecule has 0 atom stereocenters. The molecular weight excluding hydrogens is 176 g/mol. The Labute approximate surface area is 73.2 Å². The number of alkyl halides is 2. The molecular formula is C9H7F2NO. The predicted molar refractivity (Wildman–Crippen MR) is 43.7 cm³/mol. The number of aryl methyl sites for hydroxylation is 1. The van der Waals surface area contributed by atoms with Gasteiger partial charge in [0.15, 0.2) is 11.5 Å². The molecule has 0 saturated carbocycles. The molecule has 4 heteroatoms. The minimum Gasteiger partial charge on any atom is -0.441 e. The third kappa shape index (κ3) is 1.28. The van der Waals surface area contributed by atoms with E-state index in [1.807, 2.05) is 0 Å². The van der Waals surface area contributed by atoms with Crippen molar-refractivity contribution in [3.8, 4) is 0 Å². The molecule has 0 fully saturated rings. The number of rotatable bonds is 1. The molecule has 1 aromatic carbocycles. The van der Waals surface area contributed by atoms with Gasteiger partial charge in [0.25, 0.3) is 6.43 Å². The van der Waals surface area contributed by atoms with Crippen LogP contribution in [0.5, 0.6) is 0 Å². The van der Waals surface area contributed by atoms with Crippen molar-refractivity contribution in [3.63, 3.8) is 0 Å². The molecule has 0 aliphatic heterocycles. The Hall–Kier alpha value is -1.45. The summed E-state index contributed by atoms with van der Waals surface area (Å²) in [6.07, 6.45) is -2.51. The standard InChI is InChI=1S/C9H7F2NO/c1-5-12-8-6(9(10)11)3-2-4-7(8)13-5/h2-4,9H,1H3. The van der Waals surface area contributed by atoms with Crippen LogP contribution in [0.2, 0.25) is 0 Å². The van der Waals surface area contributed by atoms with Crippen molar-refractivity contribution in [2.45, 2.75) is 13.3 Å². The Morgan fingerprint density at radius 2 is 2.15 bits per heavy atom. The molecule has 13 heavy (non-hydrogen) atoms. The Bertz CT molecular complexity index is 436. The number of benzene rings is 1. The lowest BCUT2D eigenvalue weighted by Crippen LogP contribution is -1.85. The minimum atomic E-state index is -2.51. The number of aromatic nitrogens is 1. The second kappa shape index (κ2) is 2.80. The third-order valence-corrected chi connectivity index (χ3v) is 1.79. The molecule has 2 aromatic rings. The van der Waals surface area contributed by atoms with Crippen molar-refractivity contribution in [3.05, 3.63) is 29.7 Å². The zero-order valence-corrected chi connectivity index (χ0v) is 6.92. The third-order valence-electron chi connectivity index (χ3n) is 1.79. The summed E-state index contributed by atoms with van der Waals surface area (Å²) in [5, 5.41) is 0. The average Bonchev–Trinajstić information content (AvgIpc) is 2.43. The van der Waals surface area contributed by atoms with Crippen LogP contribution in [0, 0.1) is 6.92 Å². The number of hydrogen-bond acceptors (Lipinski definition) is 2. The van der Waals surface area contributed by atoms with E-state index < -0.39 is 6.43 Å². The van der Waals surface area contributed by atoms with Gasteiger partial charge in [-0.3, -0.25) is 0 Å². The van der Waals surface area contributed by atoms with Crippen LogP contribution in [-0.2, 0) is 0 Å². The van der Waals surface area contributed by atoms with E-state index in [1.165, 1.54) is 12.1 Å². The molecule has 2 rings (SSSR count). The van der Waals surface area contributed by atoms with Crippen LogP contribution in [0.25, 0.3) is 11.1 Å². The number of para-hydroxylation sites is 1. The Balaban J connectivity index is 2.75. The fourth-order valence-electron chi connectivity index (χ4n) is 1.26. The van der Waals surface area contributed by atoms with E-state index in [-0.39, 0.29) is 11.1 Å². The Kier molecular flexibility index (Phi) is 1.76. The first-order valence-corrected chi connectivity index (χ1v) is 3.82. The van der Waals surface area contributed by atoms with Crippen LogP contribution >= 0.6 is 0 Å². The van der Waals surface area contributed by atoms with E-state index in [0.29, 0.717) is 11.5 Å². The highest BCUT2D eigenvalue weighted by Crippen LogP contribution is 2.27. The van der Waals surface area contributed by atoms with E-state index in [2.05, 4.69) is 4.98 Å². The van der Waals surface area contributed by atoms with Gasteiger partial charge in [0.1, 0.15) is 5.52 Å². The number of oxazole rings is 1. The molecule has 0 saturated heterocycles. The van der Waals surface area contributed by atoms with E-state index in [0.717, 1.165) is 0 Å². The maximum Gasteiger partial charge on any atom is 0.266 e. The average molecular weight is 183 g/mol. The molecule has 0 aliphatic carbocycles. The lowest BCUT2D eigenvalue weighted by Gasteiger charge is -1.97. The summed E-state index contributed by atoms with van der Waals surface area (Å²) in [5.41, 5.74) is 0.597. The maximum atomic E-state index is 12.4. The van der Waals surface area contributed by atoms with Crippen LogP contribution in [0.3, 0.4) is 0 Å². The second-order valence-corrected chi connectivity index (χ2v) is 2.73. The molecule has 68 valence electrons. The van der Waals surface area contributed by atoms with Gasteiger partial charge in [-0.05, 0) is 6.07 Å².